The van der Waals surface area contributed by atoms with Crippen molar-refractivity contribution in [3.05, 3.63) is 59.7 Å². The predicted octanol–water partition coefficient (Wildman–Crippen LogP) is 2.25. The number of nitrogens with zero attached hydrogens (tertiary/aromatic N) is 1. The number of rotatable bonds is 7. The monoisotopic (exact) mass is 369 g/mol. The van der Waals surface area contributed by atoms with Gasteiger partial charge in [0.2, 0.25) is 0 Å². The number of methoxy groups -OCH3 is 1. The molecule has 0 saturated carbocycles. The van der Waals surface area contributed by atoms with E-state index in [1.807, 2.05) is 30.3 Å². The summed E-state index contributed by atoms with van der Waals surface area (Å²) in [4.78, 5) is 23.1. The van der Waals surface area contributed by atoms with E-state index in [-0.39, 0.29) is 6.04 Å². The molecule has 7 nitrogen and oxygen atoms in total. The molecule has 0 saturated heterocycles. The largest absolute Gasteiger partial charge is 0.493 e. The molecule has 2 amide bonds. The van der Waals surface area contributed by atoms with Gasteiger partial charge in [0, 0.05) is 6.04 Å². The molecule has 0 bridgehead atoms. The summed E-state index contributed by atoms with van der Waals surface area (Å²) in [6, 6.07) is 14.9. The molecule has 142 valence electrons. The van der Waals surface area contributed by atoms with Gasteiger partial charge in [0.25, 0.3) is 0 Å². The fourth-order valence-corrected chi connectivity index (χ4v) is 2.16. The molecule has 2 aromatic rings. The molecular weight excluding hydrogens is 346 g/mol. The van der Waals surface area contributed by atoms with Gasteiger partial charge < -0.3 is 14.8 Å². The molecule has 0 radical (unpaired) electrons. The number of nitrogens with one attached hydrogen (secondary N) is 2. The molecular formula is C20H23N3O4. The first-order chi connectivity index (χ1) is 13.0. The topological polar surface area (TPSA) is 89.0 Å². The molecule has 0 heterocycles. The maximum absolute atomic E-state index is 11.6. The van der Waals surface area contributed by atoms with Crippen molar-refractivity contribution in [2.24, 2.45) is 5.10 Å². The second kappa shape index (κ2) is 9.96. The smallest absolute Gasteiger partial charge is 0.329 e. The molecule has 0 atom stereocenters. The predicted molar refractivity (Wildman–Crippen MR) is 103 cm³/mol. The lowest BCUT2D eigenvalue weighted by Crippen LogP contribution is -2.41. The van der Waals surface area contributed by atoms with Crippen LogP contribution in [0, 0.1) is 0 Å². The summed E-state index contributed by atoms with van der Waals surface area (Å²) in [5, 5.41) is 6.27. The highest BCUT2D eigenvalue weighted by Crippen LogP contribution is 2.28. The van der Waals surface area contributed by atoms with Gasteiger partial charge in [-0.2, -0.15) is 5.10 Å². The fourth-order valence-electron chi connectivity index (χ4n) is 2.16. The van der Waals surface area contributed by atoms with Crippen LogP contribution in [0.25, 0.3) is 0 Å². The quantitative estimate of drug-likeness (QED) is 0.445. The van der Waals surface area contributed by atoms with E-state index in [1.54, 1.807) is 39.2 Å². The van der Waals surface area contributed by atoms with Crippen LogP contribution in [-0.2, 0) is 16.2 Å². The molecule has 0 aliphatic rings. The van der Waals surface area contributed by atoms with Crippen molar-refractivity contribution >= 4 is 18.0 Å². The number of hydrazone groups is 1. The number of hydrogen-bond acceptors (Lipinski definition) is 5. The third kappa shape index (κ3) is 6.47. The third-order valence-corrected chi connectivity index (χ3v) is 3.43. The normalized spacial score (nSPS) is 10.7. The van der Waals surface area contributed by atoms with Gasteiger partial charge in [-0.05, 0) is 43.2 Å². The maximum Gasteiger partial charge on any atom is 0.329 e. The van der Waals surface area contributed by atoms with Crippen molar-refractivity contribution < 1.29 is 19.1 Å². The van der Waals surface area contributed by atoms with Gasteiger partial charge in [0.05, 0.1) is 13.3 Å². The van der Waals surface area contributed by atoms with Gasteiger partial charge >= 0.3 is 11.8 Å². The summed E-state index contributed by atoms with van der Waals surface area (Å²) in [5.74, 6) is -0.420. The molecule has 0 aliphatic heterocycles. The lowest BCUT2D eigenvalue weighted by Gasteiger charge is -2.11. The SMILES string of the molecule is COc1cc(/C=N/NC(=O)C(=O)NC(C)C)ccc1OCc1ccccc1. The Kier molecular flexibility index (Phi) is 7.37. The number of benzene rings is 2. The first-order valence-corrected chi connectivity index (χ1v) is 8.48. The van der Waals surface area contributed by atoms with Crippen molar-refractivity contribution in [3.8, 4) is 11.5 Å². The zero-order valence-corrected chi connectivity index (χ0v) is 15.6. The summed E-state index contributed by atoms with van der Waals surface area (Å²) in [5.41, 5.74) is 3.91. The number of carbonyl (C=O) groups excluding carboxylic acids is 2. The van der Waals surface area contributed by atoms with Crippen molar-refractivity contribution in [1.29, 1.82) is 0 Å². The zero-order valence-electron chi connectivity index (χ0n) is 15.6. The first-order valence-electron chi connectivity index (χ1n) is 8.48. The van der Waals surface area contributed by atoms with Crippen LogP contribution in [-0.4, -0.2) is 31.2 Å². The Hall–Kier alpha value is -3.35. The van der Waals surface area contributed by atoms with Crippen LogP contribution < -0.4 is 20.2 Å². The number of hydrogen-bond donors (Lipinski definition) is 2. The van der Waals surface area contributed by atoms with Crippen LogP contribution in [0.2, 0.25) is 0 Å². The van der Waals surface area contributed by atoms with Crippen molar-refractivity contribution in [3.63, 3.8) is 0 Å². The third-order valence-electron chi connectivity index (χ3n) is 3.43. The highest BCUT2D eigenvalue weighted by Gasteiger charge is 2.13. The number of amides is 2. The van der Waals surface area contributed by atoms with Crippen LogP contribution in [0.4, 0.5) is 0 Å². The Morgan fingerprint density at radius 3 is 2.48 bits per heavy atom. The van der Waals surface area contributed by atoms with Gasteiger partial charge in [-0.3, -0.25) is 9.59 Å². The number of ether oxygens (including phenoxy) is 2. The summed E-state index contributed by atoms with van der Waals surface area (Å²) < 4.78 is 11.1. The van der Waals surface area contributed by atoms with Gasteiger partial charge in [-0.25, -0.2) is 5.43 Å². The van der Waals surface area contributed by atoms with Crippen LogP contribution >= 0.6 is 0 Å². The van der Waals surface area contributed by atoms with Crippen LogP contribution in [0.15, 0.2) is 53.6 Å². The second-order valence-corrected chi connectivity index (χ2v) is 6.01. The summed E-state index contributed by atoms with van der Waals surface area (Å²) >= 11 is 0. The maximum atomic E-state index is 11.6. The first kappa shape index (κ1) is 20.0. The van der Waals surface area contributed by atoms with E-state index in [0.717, 1.165) is 5.56 Å². The van der Waals surface area contributed by atoms with Gasteiger partial charge in [0.1, 0.15) is 6.61 Å². The molecule has 7 heteroatoms. The average molecular weight is 369 g/mol. The van der Waals surface area contributed by atoms with Gasteiger partial charge in [-0.1, -0.05) is 30.3 Å². The number of carbonyl (C=O) groups is 2. The van der Waals surface area contributed by atoms with Crippen molar-refractivity contribution in [2.45, 2.75) is 26.5 Å². The molecule has 2 N–H and O–H groups in total. The Labute approximate surface area is 158 Å². The minimum Gasteiger partial charge on any atom is -0.493 e. The van der Waals surface area contributed by atoms with E-state index in [2.05, 4.69) is 15.8 Å². The minimum atomic E-state index is -0.824. The summed E-state index contributed by atoms with van der Waals surface area (Å²) in [6.07, 6.45) is 1.42. The van der Waals surface area contributed by atoms with E-state index >= 15 is 0 Å². The second-order valence-electron chi connectivity index (χ2n) is 6.01. The van der Waals surface area contributed by atoms with E-state index in [0.29, 0.717) is 23.7 Å². The van der Waals surface area contributed by atoms with Crippen molar-refractivity contribution in [1.82, 2.24) is 10.7 Å². The lowest BCUT2D eigenvalue weighted by molar-refractivity contribution is -0.139. The highest BCUT2D eigenvalue weighted by molar-refractivity contribution is 6.35. The molecule has 0 unspecified atom stereocenters. The van der Waals surface area contributed by atoms with Crippen molar-refractivity contribution in [2.75, 3.05) is 7.11 Å². The van der Waals surface area contributed by atoms with E-state index in [9.17, 15) is 9.59 Å². The van der Waals surface area contributed by atoms with E-state index in [4.69, 9.17) is 9.47 Å². The van der Waals surface area contributed by atoms with Crippen LogP contribution in [0.1, 0.15) is 25.0 Å². The Bertz CT molecular complexity index is 804. The minimum absolute atomic E-state index is 0.125. The van der Waals surface area contributed by atoms with Gasteiger partial charge in [-0.15, -0.1) is 0 Å². The molecule has 0 spiro atoms. The van der Waals surface area contributed by atoms with Crippen LogP contribution in [0.5, 0.6) is 11.5 Å². The molecule has 2 rings (SSSR count). The fraction of sp³-hybridized carbons (Fsp3) is 0.250. The Balaban J connectivity index is 1.96. The molecule has 0 fully saturated rings. The molecule has 0 aliphatic carbocycles. The molecule has 0 aromatic heterocycles. The Morgan fingerprint density at radius 1 is 1.07 bits per heavy atom. The lowest BCUT2D eigenvalue weighted by atomic mass is 10.2. The average Bonchev–Trinajstić information content (AvgIpc) is 2.66. The van der Waals surface area contributed by atoms with E-state index < -0.39 is 11.8 Å². The standard InChI is InChI=1S/C20H23N3O4/c1-14(2)22-19(24)20(25)23-21-12-16-9-10-17(18(11-16)26-3)27-13-15-7-5-4-6-8-15/h4-12,14H,13H2,1-3H3,(H,22,24)(H,23,25)/b21-12+. The summed E-state index contributed by atoms with van der Waals surface area (Å²) in [7, 11) is 1.55. The van der Waals surface area contributed by atoms with Crippen LogP contribution in [0.3, 0.4) is 0 Å². The molecule has 2 aromatic carbocycles. The highest BCUT2D eigenvalue weighted by atomic mass is 16.5. The molecule has 27 heavy (non-hydrogen) atoms. The van der Waals surface area contributed by atoms with Gasteiger partial charge in [0.15, 0.2) is 11.5 Å². The Morgan fingerprint density at radius 2 is 1.81 bits per heavy atom. The van der Waals surface area contributed by atoms with E-state index in [1.165, 1.54) is 6.21 Å². The zero-order chi connectivity index (χ0) is 19.6. The summed E-state index contributed by atoms with van der Waals surface area (Å²) in [6.45, 7) is 3.95.